The smallest absolute Gasteiger partial charge is 0.305 e. The van der Waals surface area contributed by atoms with Crippen molar-refractivity contribution in [2.45, 2.75) is 105 Å². The summed E-state index contributed by atoms with van der Waals surface area (Å²) in [6.07, 6.45) is 6.38. The molecule has 0 aliphatic heterocycles. The van der Waals surface area contributed by atoms with E-state index in [0.29, 0.717) is 25.0 Å². The Labute approximate surface area is 215 Å². The summed E-state index contributed by atoms with van der Waals surface area (Å²) in [5.74, 6) is 0.633. The molecular formula is C29H44O7. The first-order valence-electron chi connectivity index (χ1n) is 13.9. The number of carbonyl (C=O) groups excluding carboxylic acids is 4. The number of Topliss-reactive ketones (excluding diaryl/α,β-unsaturated/α-hetero) is 1. The summed E-state index contributed by atoms with van der Waals surface area (Å²) in [5, 5.41) is 0. The Hall–Kier alpha value is -1.92. The van der Waals surface area contributed by atoms with Crippen LogP contribution in [0.4, 0.5) is 0 Å². The molecule has 10 atom stereocenters. The fraction of sp³-hybridized carbons (Fsp3) is 0.862. The quantitative estimate of drug-likeness (QED) is 0.375. The summed E-state index contributed by atoms with van der Waals surface area (Å²) in [4.78, 5) is 49.5. The summed E-state index contributed by atoms with van der Waals surface area (Å²) in [7, 11) is 1.42. The zero-order valence-corrected chi connectivity index (χ0v) is 22.8. The van der Waals surface area contributed by atoms with E-state index in [1.165, 1.54) is 21.0 Å². The molecule has 4 fully saturated rings. The molecule has 36 heavy (non-hydrogen) atoms. The third kappa shape index (κ3) is 4.60. The highest BCUT2D eigenvalue weighted by molar-refractivity contribution is 5.83. The van der Waals surface area contributed by atoms with E-state index in [0.717, 1.165) is 38.5 Å². The van der Waals surface area contributed by atoms with Crippen LogP contribution in [-0.4, -0.2) is 43.0 Å². The van der Waals surface area contributed by atoms with E-state index in [9.17, 15) is 19.2 Å². The van der Waals surface area contributed by atoms with Crippen LogP contribution in [0.5, 0.6) is 0 Å². The maximum Gasteiger partial charge on any atom is 0.305 e. The number of methoxy groups -OCH3 is 1. The van der Waals surface area contributed by atoms with Gasteiger partial charge in [-0.15, -0.1) is 0 Å². The Bertz CT molecular complexity index is 898. The van der Waals surface area contributed by atoms with Crippen molar-refractivity contribution in [2.75, 3.05) is 7.11 Å². The van der Waals surface area contributed by atoms with Gasteiger partial charge < -0.3 is 14.2 Å². The average molecular weight is 505 g/mol. The topological polar surface area (TPSA) is 96.0 Å². The monoisotopic (exact) mass is 504 g/mol. The first-order valence-corrected chi connectivity index (χ1v) is 13.9. The molecule has 0 aromatic heterocycles. The van der Waals surface area contributed by atoms with E-state index in [-0.39, 0.29) is 76.5 Å². The molecule has 0 N–H and O–H groups in total. The van der Waals surface area contributed by atoms with E-state index in [1.807, 2.05) is 0 Å². The SMILES string of the molecule is COC(=O)CC[C@@H](C)[C@H]1CC[C@H]2[C@@H]3C(=O)C[C@@H]4C[C@H](OC(C)=O)CC[C@]4(C)[C@H]3C[C@H](OC(C)=O)[C@]12C. The largest absolute Gasteiger partial charge is 0.469 e. The molecule has 0 heterocycles. The predicted octanol–water partition coefficient (Wildman–Crippen LogP) is 4.89. The van der Waals surface area contributed by atoms with Crippen LogP contribution in [0.25, 0.3) is 0 Å². The Balaban J connectivity index is 1.63. The van der Waals surface area contributed by atoms with Gasteiger partial charge in [0.25, 0.3) is 0 Å². The van der Waals surface area contributed by atoms with Gasteiger partial charge in [0.05, 0.1) is 7.11 Å². The Morgan fingerprint density at radius 2 is 1.69 bits per heavy atom. The fourth-order valence-corrected chi connectivity index (χ4v) is 9.17. The van der Waals surface area contributed by atoms with Crippen LogP contribution in [-0.2, 0) is 33.4 Å². The molecule has 202 valence electrons. The van der Waals surface area contributed by atoms with Crippen molar-refractivity contribution in [1.82, 2.24) is 0 Å². The number of fused-ring (bicyclic) bond motifs is 5. The van der Waals surface area contributed by atoms with Crippen molar-refractivity contribution in [1.29, 1.82) is 0 Å². The van der Waals surface area contributed by atoms with Crippen molar-refractivity contribution < 1.29 is 33.4 Å². The second-order valence-corrected chi connectivity index (χ2v) is 12.6. The number of ketones is 1. The van der Waals surface area contributed by atoms with E-state index in [2.05, 4.69) is 20.8 Å². The molecule has 0 aromatic carbocycles. The van der Waals surface area contributed by atoms with Gasteiger partial charge in [0, 0.05) is 38.0 Å². The average Bonchev–Trinajstić information content (AvgIpc) is 3.16. The minimum atomic E-state index is -0.295. The predicted molar refractivity (Wildman–Crippen MR) is 133 cm³/mol. The highest BCUT2D eigenvalue weighted by Crippen LogP contribution is 2.68. The summed E-state index contributed by atoms with van der Waals surface area (Å²) < 4.78 is 16.5. The van der Waals surface area contributed by atoms with Gasteiger partial charge in [-0.2, -0.15) is 0 Å². The molecule has 7 nitrogen and oxygen atoms in total. The second-order valence-electron chi connectivity index (χ2n) is 12.6. The van der Waals surface area contributed by atoms with Gasteiger partial charge in [-0.05, 0) is 80.0 Å². The third-order valence-corrected chi connectivity index (χ3v) is 10.9. The molecular weight excluding hydrogens is 460 g/mol. The van der Waals surface area contributed by atoms with Crippen LogP contribution in [0.15, 0.2) is 0 Å². The van der Waals surface area contributed by atoms with Crippen molar-refractivity contribution in [3.05, 3.63) is 0 Å². The number of esters is 3. The summed E-state index contributed by atoms with van der Waals surface area (Å²) in [5.41, 5.74) is -0.334. The zero-order chi connectivity index (χ0) is 26.4. The number of hydrogen-bond donors (Lipinski definition) is 0. The highest BCUT2D eigenvalue weighted by atomic mass is 16.5. The van der Waals surface area contributed by atoms with Crippen LogP contribution < -0.4 is 0 Å². The molecule has 0 spiro atoms. The van der Waals surface area contributed by atoms with Gasteiger partial charge in [0.15, 0.2) is 0 Å². The van der Waals surface area contributed by atoms with Crippen LogP contribution >= 0.6 is 0 Å². The van der Waals surface area contributed by atoms with Gasteiger partial charge in [-0.1, -0.05) is 20.8 Å². The lowest BCUT2D eigenvalue weighted by Gasteiger charge is -2.62. The second kappa shape index (κ2) is 10.1. The maximum absolute atomic E-state index is 13.8. The first-order chi connectivity index (χ1) is 16.9. The summed E-state index contributed by atoms with van der Waals surface area (Å²) in [6.45, 7) is 9.69. The van der Waals surface area contributed by atoms with Crippen molar-refractivity contribution in [2.24, 2.45) is 46.3 Å². The van der Waals surface area contributed by atoms with Gasteiger partial charge in [-0.25, -0.2) is 0 Å². The molecule has 4 aliphatic carbocycles. The van der Waals surface area contributed by atoms with Gasteiger partial charge >= 0.3 is 17.9 Å². The third-order valence-electron chi connectivity index (χ3n) is 10.9. The number of rotatable bonds is 6. The summed E-state index contributed by atoms with van der Waals surface area (Å²) in [6, 6.07) is 0. The molecule has 0 aromatic rings. The summed E-state index contributed by atoms with van der Waals surface area (Å²) >= 11 is 0. The molecule has 0 unspecified atom stereocenters. The van der Waals surface area contributed by atoms with Crippen LogP contribution in [0.1, 0.15) is 92.4 Å². The molecule has 7 heteroatoms. The molecule has 0 amide bonds. The standard InChI is InChI=1S/C29H44O7/c1-16(7-10-26(33)34-6)21-8-9-22-27-23(15-25(29(21,22)5)36-18(3)31)28(4)12-11-20(35-17(2)30)13-19(28)14-24(27)32/h16,19-23,25,27H,7-15H2,1-6H3/t16-,19+,20-,21-,22+,23+,25+,27+,28+,29-/m1/s1. The minimum Gasteiger partial charge on any atom is -0.469 e. The molecule has 4 rings (SSSR count). The fourth-order valence-electron chi connectivity index (χ4n) is 9.17. The lowest BCUT2D eigenvalue weighted by Crippen LogP contribution is -2.62. The Morgan fingerprint density at radius 1 is 1.00 bits per heavy atom. The van der Waals surface area contributed by atoms with Gasteiger partial charge in [0.1, 0.15) is 18.0 Å². The van der Waals surface area contributed by atoms with Crippen molar-refractivity contribution in [3.63, 3.8) is 0 Å². The normalized spacial score (nSPS) is 42.4. The molecule has 4 saturated carbocycles. The molecule has 0 bridgehead atoms. The van der Waals surface area contributed by atoms with E-state index >= 15 is 0 Å². The minimum absolute atomic E-state index is 0.0221. The van der Waals surface area contributed by atoms with Crippen LogP contribution in [0.2, 0.25) is 0 Å². The Morgan fingerprint density at radius 3 is 2.33 bits per heavy atom. The van der Waals surface area contributed by atoms with E-state index < -0.39 is 0 Å². The molecule has 0 radical (unpaired) electrons. The first kappa shape index (κ1) is 27.1. The highest BCUT2D eigenvalue weighted by Gasteiger charge is 2.67. The number of ether oxygens (including phenoxy) is 3. The number of carbonyl (C=O) groups is 4. The van der Waals surface area contributed by atoms with Crippen molar-refractivity contribution in [3.8, 4) is 0 Å². The van der Waals surface area contributed by atoms with Crippen LogP contribution in [0, 0.1) is 46.3 Å². The maximum atomic E-state index is 13.8. The zero-order valence-electron chi connectivity index (χ0n) is 22.8. The van der Waals surface area contributed by atoms with E-state index in [1.54, 1.807) is 0 Å². The van der Waals surface area contributed by atoms with Crippen molar-refractivity contribution >= 4 is 23.7 Å². The Kier molecular flexibility index (Phi) is 7.60. The lowest BCUT2D eigenvalue weighted by molar-refractivity contribution is -0.197. The number of hydrogen-bond acceptors (Lipinski definition) is 7. The lowest BCUT2D eigenvalue weighted by atomic mass is 9.43. The van der Waals surface area contributed by atoms with Gasteiger partial charge in [-0.3, -0.25) is 19.2 Å². The van der Waals surface area contributed by atoms with E-state index in [4.69, 9.17) is 14.2 Å². The van der Waals surface area contributed by atoms with Crippen LogP contribution in [0.3, 0.4) is 0 Å². The molecule has 0 saturated heterocycles. The molecule has 4 aliphatic rings. The van der Waals surface area contributed by atoms with Gasteiger partial charge in [0.2, 0.25) is 0 Å².